The average molecular weight is 311 g/mol. The van der Waals surface area contributed by atoms with Gasteiger partial charge in [-0.3, -0.25) is 14.3 Å². The number of nitro benzene ring substituents is 1. The van der Waals surface area contributed by atoms with Gasteiger partial charge in [-0.15, -0.1) is 11.3 Å². The molecule has 0 saturated heterocycles. The minimum Gasteiger partial charge on any atom is -0.477 e. The molecule has 1 unspecified atom stereocenters. The summed E-state index contributed by atoms with van der Waals surface area (Å²) in [5.74, 6) is -0.985. The molecule has 0 fully saturated rings. The molecule has 0 saturated carbocycles. The quantitative estimate of drug-likeness (QED) is 0.676. The number of para-hydroxylation sites is 1. The van der Waals surface area contributed by atoms with Crippen molar-refractivity contribution in [2.75, 3.05) is 0 Å². The molecule has 1 aromatic carbocycles. The predicted molar refractivity (Wildman–Crippen MR) is 74.5 cm³/mol. The molecule has 2 aromatic rings. The van der Waals surface area contributed by atoms with Gasteiger partial charge in [0.15, 0.2) is 0 Å². The third kappa shape index (κ3) is 3.09. The van der Waals surface area contributed by atoms with Crippen LogP contribution >= 0.6 is 11.3 Å². The smallest absolute Gasteiger partial charge is 0.345 e. The van der Waals surface area contributed by atoms with E-state index in [4.69, 9.17) is 5.11 Å². The number of hydrogen-bond acceptors (Lipinski definition) is 5. The van der Waals surface area contributed by atoms with Gasteiger partial charge in [0, 0.05) is 10.9 Å². The van der Waals surface area contributed by atoms with Crippen LogP contribution in [0.15, 0.2) is 41.3 Å². The van der Waals surface area contributed by atoms with Gasteiger partial charge in [0.2, 0.25) is 0 Å². The first-order valence-corrected chi connectivity index (χ1v) is 7.56. The van der Waals surface area contributed by atoms with Crippen LogP contribution in [0.3, 0.4) is 0 Å². The van der Waals surface area contributed by atoms with Crippen molar-refractivity contribution in [1.82, 2.24) is 0 Å². The van der Waals surface area contributed by atoms with Gasteiger partial charge >= 0.3 is 5.97 Å². The normalized spacial score (nSPS) is 12.0. The Morgan fingerprint density at radius 1 is 1.30 bits per heavy atom. The maximum Gasteiger partial charge on any atom is 0.345 e. The summed E-state index contributed by atoms with van der Waals surface area (Å²) in [4.78, 5) is 22.0. The Kier molecular flexibility index (Phi) is 4.26. The minimum atomic E-state index is -1.59. The van der Waals surface area contributed by atoms with Crippen molar-refractivity contribution in [2.45, 2.75) is 10.6 Å². The lowest BCUT2D eigenvalue weighted by Crippen LogP contribution is -2.00. The topological polar surface area (TPSA) is 97.5 Å². The van der Waals surface area contributed by atoms with Crippen molar-refractivity contribution in [2.24, 2.45) is 0 Å². The second kappa shape index (κ2) is 5.93. The molecule has 0 bridgehead atoms. The summed E-state index contributed by atoms with van der Waals surface area (Å²) in [7, 11) is -1.59. The number of thiophene rings is 1. The number of nitro groups is 1. The zero-order chi connectivity index (χ0) is 14.7. The highest BCUT2D eigenvalue weighted by molar-refractivity contribution is 7.84. The van der Waals surface area contributed by atoms with Crippen molar-refractivity contribution in [1.29, 1.82) is 0 Å². The van der Waals surface area contributed by atoms with E-state index in [-0.39, 0.29) is 21.2 Å². The van der Waals surface area contributed by atoms with Crippen molar-refractivity contribution in [3.05, 3.63) is 56.3 Å². The van der Waals surface area contributed by atoms with E-state index in [2.05, 4.69) is 0 Å². The summed E-state index contributed by atoms with van der Waals surface area (Å²) in [6, 6.07) is 8.83. The highest BCUT2D eigenvalue weighted by Crippen LogP contribution is 2.25. The Bertz CT molecular complexity index is 695. The van der Waals surface area contributed by atoms with Crippen LogP contribution < -0.4 is 0 Å². The maximum atomic E-state index is 12.2. The molecule has 1 heterocycles. The largest absolute Gasteiger partial charge is 0.477 e. The lowest BCUT2D eigenvalue weighted by Gasteiger charge is -2.01. The van der Waals surface area contributed by atoms with E-state index in [1.54, 1.807) is 12.1 Å². The fourth-order valence-corrected chi connectivity index (χ4v) is 3.89. The van der Waals surface area contributed by atoms with E-state index in [0.29, 0.717) is 4.88 Å². The Labute approximate surface area is 120 Å². The van der Waals surface area contributed by atoms with Gasteiger partial charge in [0.05, 0.1) is 21.5 Å². The van der Waals surface area contributed by atoms with E-state index in [1.165, 1.54) is 24.3 Å². The van der Waals surface area contributed by atoms with Crippen molar-refractivity contribution < 1.29 is 19.0 Å². The Morgan fingerprint density at radius 2 is 2.00 bits per heavy atom. The molecule has 20 heavy (non-hydrogen) atoms. The van der Waals surface area contributed by atoms with Crippen LogP contribution in [-0.2, 0) is 16.6 Å². The number of hydrogen-bond donors (Lipinski definition) is 1. The zero-order valence-corrected chi connectivity index (χ0v) is 11.6. The summed E-state index contributed by atoms with van der Waals surface area (Å²) in [6.07, 6.45) is 0. The van der Waals surface area contributed by atoms with Crippen LogP contribution in [0.25, 0.3) is 0 Å². The lowest BCUT2D eigenvalue weighted by molar-refractivity contribution is -0.387. The highest BCUT2D eigenvalue weighted by atomic mass is 32.2. The molecule has 104 valence electrons. The van der Waals surface area contributed by atoms with Gasteiger partial charge in [0.1, 0.15) is 9.77 Å². The summed E-state index contributed by atoms with van der Waals surface area (Å²) < 4.78 is 12.2. The first-order chi connectivity index (χ1) is 9.49. The molecule has 0 aliphatic rings. The fraction of sp³-hybridized carbons (Fsp3) is 0.0833. The van der Waals surface area contributed by atoms with E-state index in [9.17, 15) is 19.1 Å². The Hall–Kier alpha value is -2.06. The Balaban J connectivity index is 2.24. The fourth-order valence-electron chi connectivity index (χ4n) is 1.58. The number of carboxylic acid groups (broad SMARTS) is 1. The number of rotatable bonds is 5. The third-order valence-electron chi connectivity index (χ3n) is 2.45. The van der Waals surface area contributed by atoms with Crippen molar-refractivity contribution >= 4 is 33.8 Å². The first kappa shape index (κ1) is 14.4. The molecule has 1 aromatic heterocycles. The van der Waals surface area contributed by atoms with E-state index in [0.717, 1.165) is 11.3 Å². The Morgan fingerprint density at radius 3 is 2.60 bits per heavy atom. The monoisotopic (exact) mass is 311 g/mol. The predicted octanol–water partition coefficient (Wildman–Crippen LogP) is 2.66. The number of nitrogens with zero attached hydrogens (tertiary/aromatic N) is 1. The summed E-state index contributed by atoms with van der Waals surface area (Å²) >= 11 is 1.02. The molecule has 2 rings (SSSR count). The molecular formula is C12H9NO5S2. The van der Waals surface area contributed by atoms with E-state index < -0.39 is 21.7 Å². The molecule has 8 heteroatoms. The van der Waals surface area contributed by atoms with Crippen LogP contribution in [0.4, 0.5) is 5.69 Å². The SMILES string of the molecule is O=C(O)c1ccc(CS(=O)c2ccccc2[N+](=O)[O-])s1. The van der Waals surface area contributed by atoms with Crippen LogP contribution in [0.1, 0.15) is 14.5 Å². The minimum absolute atomic E-state index is 0.0583. The van der Waals surface area contributed by atoms with Crippen LogP contribution in [0.2, 0.25) is 0 Å². The molecule has 6 nitrogen and oxygen atoms in total. The van der Waals surface area contributed by atoms with Crippen molar-refractivity contribution in [3.8, 4) is 0 Å². The lowest BCUT2D eigenvalue weighted by atomic mass is 10.3. The van der Waals surface area contributed by atoms with Gasteiger partial charge in [-0.2, -0.15) is 0 Å². The number of benzene rings is 1. The zero-order valence-electron chi connectivity index (χ0n) is 10.0. The molecule has 0 spiro atoms. The molecular weight excluding hydrogens is 302 g/mol. The van der Waals surface area contributed by atoms with E-state index >= 15 is 0 Å². The highest BCUT2D eigenvalue weighted by Gasteiger charge is 2.19. The maximum absolute atomic E-state index is 12.2. The van der Waals surface area contributed by atoms with Gasteiger partial charge in [-0.05, 0) is 18.2 Å². The summed E-state index contributed by atoms with van der Waals surface area (Å²) in [5.41, 5.74) is -0.194. The molecule has 1 N–H and O–H groups in total. The van der Waals surface area contributed by atoms with Gasteiger partial charge < -0.3 is 5.11 Å². The molecule has 0 aliphatic carbocycles. The second-order valence-electron chi connectivity index (χ2n) is 3.79. The first-order valence-electron chi connectivity index (χ1n) is 5.43. The molecule has 0 amide bonds. The second-order valence-corrected chi connectivity index (χ2v) is 6.37. The van der Waals surface area contributed by atoms with Gasteiger partial charge in [-0.25, -0.2) is 4.79 Å². The van der Waals surface area contributed by atoms with Crippen LogP contribution in [-0.4, -0.2) is 20.2 Å². The average Bonchev–Trinajstić information content (AvgIpc) is 2.87. The van der Waals surface area contributed by atoms with Gasteiger partial charge in [-0.1, -0.05) is 12.1 Å². The van der Waals surface area contributed by atoms with E-state index in [1.807, 2.05) is 0 Å². The summed E-state index contributed by atoms with van der Waals surface area (Å²) in [6.45, 7) is 0. The summed E-state index contributed by atoms with van der Waals surface area (Å²) in [5, 5.41) is 19.7. The third-order valence-corrected chi connectivity index (χ3v) is 5.12. The van der Waals surface area contributed by atoms with Crippen molar-refractivity contribution in [3.63, 3.8) is 0 Å². The number of carbonyl (C=O) groups is 1. The number of carboxylic acids is 1. The molecule has 0 aliphatic heterocycles. The van der Waals surface area contributed by atoms with Crippen LogP contribution in [0.5, 0.6) is 0 Å². The number of aromatic carboxylic acids is 1. The van der Waals surface area contributed by atoms with Crippen LogP contribution in [0, 0.1) is 10.1 Å². The molecule has 1 atom stereocenters. The molecule has 0 radical (unpaired) electrons. The standard InChI is InChI=1S/C12H9NO5S2/c14-12(15)10-6-5-8(19-10)7-20(18)11-4-2-1-3-9(11)13(16)17/h1-6H,7H2,(H,14,15). The van der Waals surface area contributed by atoms with Gasteiger partial charge in [0.25, 0.3) is 5.69 Å².